The summed E-state index contributed by atoms with van der Waals surface area (Å²) in [6.45, 7) is 0.847. The van der Waals surface area contributed by atoms with Gasteiger partial charge in [-0.3, -0.25) is 9.78 Å². The molecule has 0 spiro atoms. The largest absolute Gasteiger partial charge is 0.493 e. The van der Waals surface area contributed by atoms with Crippen LogP contribution in [0.15, 0.2) is 67.0 Å². The zero-order valence-electron chi connectivity index (χ0n) is 16.5. The van der Waals surface area contributed by atoms with E-state index in [0.29, 0.717) is 24.6 Å². The number of nitrogens with zero attached hydrogens (tertiary/aromatic N) is 2. The maximum Gasteiger partial charge on any atom is 0.227 e. The first-order valence-corrected chi connectivity index (χ1v) is 9.21. The lowest BCUT2D eigenvalue weighted by molar-refractivity contribution is -0.131. The molecule has 1 heterocycles. The molecule has 0 unspecified atom stereocenters. The number of benzene rings is 2. The van der Waals surface area contributed by atoms with Crippen LogP contribution in [0, 0.1) is 5.82 Å². The Morgan fingerprint density at radius 2 is 1.48 bits per heavy atom. The van der Waals surface area contributed by atoms with Crippen molar-refractivity contribution in [2.45, 2.75) is 19.5 Å². The van der Waals surface area contributed by atoms with Crippen LogP contribution >= 0.6 is 0 Å². The fraction of sp³-hybridized carbons (Fsp3) is 0.217. The smallest absolute Gasteiger partial charge is 0.227 e. The lowest BCUT2D eigenvalue weighted by atomic mass is 10.1. The molecule has 0 aliphatic carbocycles. The highest BCUT2D eigenvalue weighted by Gasteiger charge is 2.17. The average molecular weight is 394 g/mol. The number of rotatable bonds is 8. The van der Waals surface area contributed by atoms with Crippen LogP contribution in [0.4, 0.5) is 4.39 Å². The van der Waals surface area contributed by atoms with E-state index >= 15 is 0 Å². The van der Waals surface area contributed by atoms with Crippen molar-refractivity contribution < 1.29 is 18.7 Å². The van der Waals surface area contributed by atoms with E-state index in [1.165, 1.54) is 12.1 Å². The third-order valence-corrected chi connectivity index (χ3v) is 4.57. The van der Waals surface area contributed by atoms with Gasteiger partial charge in [0.25, 0.3) is 0 Å². The van der Waals surface area contributed by atoms with Crippen LogP contribution in [0.2, 0.25) is 0 Å². The lowest BCUT2D eigenvalue weighted by Gasteiger charge is -2.24. The van der Waals surface area contributed by atoms with Gasteiger partial charge in [0, 0.05) is 25.5 Å². The Balaban J connectivity index is 1.82. The fourth-order valence-corrected chi connectivity index (χ4v) is 3.03. The molecule has 6 heteroatoms. The molecule has 0 saturated carbocycles. The van der Waals surface area contributed by atoms with Gasteiger partial charge >= 0.3 is 0 Å². The van der Waals surface area contributed by atoms with Crippen molar-refractivity contribution in [3.63, 3.8) is 0 Å². The highest BCUT2D eigenvalue weighted by molar-refractivity contribution is 5.78. The Labute approximate surface area is 169 Å². The van der Waals surface area contributed by atoms with Gasteiger partial charge in [0.15, 0.2) is 11.5 Å². The van der Waals surface area contributed by atoms with Crippen molar-refractivity contribution in [3.05, 3.63) is 89.5 Å². The van der Waals surface area contributed by atoms with Crippen LogP contribution in [-0.2, 0) is 24.3 Å². The van der Waals surface area contributed by atoms with Gasteiger partial charge in [0.1, 0.15) is 5.82 Å². The van der Waals surface area contributed by atoms with E-state index in [1.54, 1.807) is 43.6 Å². The molecule has 0 aliphatic heterocycles. The second kappa shape index (κ2) is 9.68. The van der Waals surface area contributed by atoms with E-state index in [0.717, 1.165) is 16.7 Å². The maximum absolute atomic E-state index is 13.2. The normalized spacial score (nSPS) is 10.4. The van der Waals surface area contributed by atoms with E-state index in [2.05, 4.69) is 4.98 Å². The van der Waals surface area contributed by atoms with Crippen LogP contribution in [0.1, 0.15) is 16.7 Å². The summed E-state index contributed by atoms with van der Waals surface area (Å²) in [6, 6.07) is 15.4. The lowest BCUT2D eigenvalue weighted by Crippen LogP contribution is -2.31. The number of pyridine rings is 1. The number of halogens is 1. The van der Waals surface area contributed by atoms with Crippen LogP contribution in [0.25, 0.3) is 0 Å². The SMILES string of the molecule is COc1ccc(CN(Cc2ccncc2)C(=O)Cc2ccc(F)cc2)cc1OC. The van der Waals surface area contributed by atoms with Gasteiger partial charge in [-0.1, -0.05) is 18.2 Å². The minimum Gasteiger partial charge on any atom is -0.493 e. The summed E-state index contributed by atoms with van der Waals surface area (Å²) in [4.78, 5) is 18.8. The monoisotopic (exact) mass is 394 g/mol. The van der Waals surface area contributed by atoms with Gasteiger partial charge < -0.3 is 14.4 Å². The van der Waals surface area contributed by atoms with Gasteiger partial charge in [-0.05, 0) is 53.1 Å². The highest BCUT2D eigenvalue weighted by Crippen LogP contribution is 2.28. The molecule has 1 aromatic heterocycles. The number of aromatic nitrogens is 1. The number of carbonyl (C=O) groups excluding carboxylic acids is 1. The summed E-state index contributed by atoms with van der Waals surface area (Å²) >= 11 is 0. The number of amides is 1. The van der Waals surface area contributed by atoms with E-state index in [4.69, 9.17) is 9.47 Å². The molecular formula is C23H23FN2O3. The van der Waals surface area contributed by atoms with E-state index in [-0.39, 0.29) is 18.1 Å². The molecule has 0 fully saturated rings. The predicted octanol–water partition coefficient (Wildman–Crippen LogP) is 4.01. The third kappa shape index (κ3) is 5.54. The fourth-order valence-electron chi connectivity index (χ4n) is 3.03. The Morgan fingerprint density at radius 3 is 2.14 bits per heavy atom. The molecule has 3 rings (SSSR count). The number of hydrogen-bond acceptors (Lipinski definition) is 4. The number of methoxy groups -OCH3 is 2. The van der Waals surface area contributed by atoms with Crippen molar-refractivity contribution >= 4 is 5.91 Å². The second-order valence-corrected chi connectivity index (χ2v) is 6.60. The summed E-state index contributed by atoms with van der Waals surface area (Å²) < 4.78 is 23.8. The Bertz CT molecular complexity index is 946. The molecule has 5 nitrogen and oxygen atoms in total. The Kier molecular flexibility index (Phi) is 6.79. The molecular weight excluding hydrogens is 371 g/mol. The van der Waals surface area contributed by atoms with E-state index in [9.17, 15) is 9.18 Å². The summed E-state index contributed by atoms with van der Waals surface area (Å²) in [6.07, 6.45) is 3.60. The maximum atomic E-state index is 13.2. The van der Waals surface area contributed by atoms with E-state index in [1.807, 2.05) is 30.3 Å². The van der Waals surface area contributed by atoms with Crippen LogP contribution in [-0.4, -0.2) is 30.0 Å². The predicted molar refractivity (Wildman–Crippen MR) is 108 cm³/mol. The molecule has 0 aliphatic rings. The molecule has 3 aromatic rings. The first-order valence-electron chi connectivity index (χ1n) is 9.21. The van der Waals surface area contributed by atoms with Crippen LogP contribution in [0.5, 0.6) is 11.5 Å². The molecule has 2 aromatic carbocycles. The van der Waals surface area contributed by atoms with Gasteiger partial charge in [-0.25, -0.2) is 4.39 Å². The van der Waals surface area contributed by atoms with Gasteiger partial charge in [-0.15, -0.1) is 0 Å². The van der Waals surface area contributed by atoms with Crippen molar-refractivity contribution in [3.8, 4) is 11.5 Å². The zero-order valence-corrected chi connectivity index (χ0v) is 16.5. The van der Waals surface area contributed by atoms with Gasteiger partial charge in [-0.2, -0.15) is 0 Å². The first kappa shape index (κ1) is 20.3. The summed E-state index contributed by atoms with van der Waals surface area (Å²) in [5, 5.41) is 0. The molecule has 0 bridgehead atoms. The minimum atomic E-state index is -0.319. The van der Waals surface area contributed by atoms with Gasteiger partial charge in [0.05, 0.1) is 20.6 Å². The summed E-state index contributed by atoms with van der Waals surface area (Å²) in [7, 11) is 3.16. The first-order chi connectivity index (χ1) is 14.1. The molecule has 0 atom stereocenters. The Morgan fingerprint density at radius 1 is 0.862 bits per heavy atom. The number of carbonyl (C=O) groups is 1. The summed E-state index contributed by atoms with van der Waals surface area (Å²) in [5.74, 6) is 0.873. The highest BCUT2D eigenvalue weighted by atomic mass is 19.1. The zero-order chi connectivity index (χ0) is 20.6. The molecule has 0 N–H and O–H groups in total. The Hall–Kier alpha value is -3.41. The van der Waals surface area contributed by atoms with Crippen molar-refractivity contribution in [1.29, 1.82) is 0 Å². The van der Waals surface area contributed by atoms with Crippen LogP contribution < -0.4 is 9.47 Å². The molecule has 0 radical (unpaired) electrons. The second-order valence-electron chi connectivity index (χ2n) is 6.60. The molecule has 1 amide bonds. The number of ether oxygens (including phenoxy) is 2. The molecule has 0 saturated heterocycles. The topological polar surface area (TPSA) is 51.7 Å². The standard InChI is InChI=1S/C23H23FN2O3/c1-28-21-8-5-19(13-22(21)29-2)16-26(15-18-9-11-25-12-10-18)23(27)14-17-3-6-20(24)7-4-17/h3-13H,14-16H2,1-2H3. The third-order valence-electron chi connectivity index (χ3n) is 4.57. The molecule has 29 heavy (non-hydrogen) atoms. The van der Waals surface area contributed by atoms with Crippen LogP contribution in [0.3, 0.4) is 0 Å². The van der Waals surface area contributed by atoms with Crippen molar-refractivity contribution in [2.24, 2.45) is 0 Å². The summed E-state index contributed by atoms with van der Waals surface area (Å²) in [5.41, 5.74) is 2.67. The quantitative estimate of drug-likeness (QED) is 0.579. The van der Waals surface area contributed by atoms with Crippen molar-refractivity contribution in [2.75, 3.05) is 14.2 Å². The van der Waals surface area contributed by atoms with E-state index < -0.39 is 0 Å². The minimum absolute atomic E-state index is 0.0526. The number of hydrogen-bond donors (Lipinski definition) is 0. The van der Waals surface area contributed by atoms with Crippen molar-refractivity contribution in [1.82, 2.24) is 9.88 Å². The molecule has 150 valence electrons. The van der Waals surface area contributed by atoms with Gasteiger partial charge in [0.2, 0.25) is 5.91 Å². The average Bonchev–Trinajstić information content (AvgIpc) is 2.75.